The fourth-order valence-corrected chi connectivity index (χ4v) is 3.38. The van der Waals surface area contributed by atoms with Gasteiger partial charge in [0.2, 0.25) is 0 Å². The number of nitrogens with two attached hydrogens (primary N) is 1. The molecule has 0 saturated carbocycles. The number of hydrogen-bond acceptors (Lipinski definition) is 5. The van der Waals surface area contributed by atoms with Crippen molar-refractivity contribution in [2.24, 2.45) is 11.8 Å². The zero-order chi connectivity index (χ0) is 13.8. The van der Waals surface area contributed by atoms with Gasteiger partial charge in [-0.2, -0.15) is 0 Å². The van der Waals surface area contributed by atoms with E-state index in [4.69, 9.17) is 5.84 Å². The molecule has 0 spiro atoms. The Kier molecular flexibility index (Phi) is 4.93. The normalized spacial score (nSPS) is 19.3. The van der Waals surface area contributed by atoms with Crippen molar-refractivity contribution in [3.05, 3.63) is 21.9 Å². The van der Waals surface area contributed by atoms with Gasteiger partial charge in [0.05, 0.1) is 11.0 Å². The highest BCUT2D eigenvalue weighted by Crippen LogP contribution is 2.24. The van der Waals surface area contributed by atoms with E-state index in [1.807, 2.05) is 18.4 Å². The standard InChI is InChI=1S/C13H21N3O2S/c1-9(17)10-2-5-16(6-3-10)8-11-4-7-19-12(11)13(18)15-14/h4,7,9-10,17H,2-3,5-6,8,14H2,1H3,(H,15,18). The second-order valence-electron chi connectivity index (χ2n) is 5.10. The van der Waals surface area contributed by atoms with E-state index in [0.717, 1.165) is 38.0 Å². The Morgan fingerprint density at radius 2 is 2.32 bits per heavy atom. The Morgan fingerprint density at radius 3 is 2.89 bits per heavy atom. The molecule has 2 heterocycles. The number of amides is 1. The van der Waals surface area contributed by atoms with Crippen LogP contribution in [-0.4, -0.2) is 35.1 Å². The average Bonchev–Trinajstić information content (AvgIpc) is 2.86. The number of nitrogen functional groups attached to an aromatic ring is 1. The predicted molar refractivity (Wildman–Crippen MR) is 75.7 cm³/mol. The number of hydrazine groups is 1. The van der Waals surface area contributed by atoms with Crippen LogP contribution in [0.25, 0.3) is 0 Å². The quantitative estimate of drug-likeness (QED) is 0.437. The van der Waals surface area contributed by atoms with Gasteiger partial charge in [-0.25, -0.2) is 5.84 Å². The lowest BCUT2D eigenvalue weighted by atomic mass is 9.92. The number of aliphatic hydroxyl groups excluding tert-OH is 1. The van der Waals surface area contributed by atoms with Gasteiger partial charge >= 0.3 is 0 Å². The molecular weight excluding hydrogens is 262 g/mol. The molecular formula is C13H21N3O2S. The van der Waals surface area contributed by atoms with Crippen molar-refractivity contribution in [3.8, 4) is 0 Å². The number of nitrogens with zero attached hydrogens (tertiary/aromatic N) is 1. The molecule has 0 aromatic carbocycles. The molecule has 1 saturated heterocycles. The van der Waals surface area contributed by atoms with Gasteiger partial charge in [0.1, 0.15) is 0 Å². The second kappa shape index (κ2) is 6.47. The monoisotopic (exact) mass is 283 g/mol. The second-order valence-corrected chi connectivity index (χ2v) is 6.02. The van der Waals surface area contributed by atoms with Gasteiger partial charge in [0, 0.05) is 6.54 Å². The van der Waals surface area contributed by atoms with E-state index in [0.29, 0.717) is 10.8 Å². The van der Waals surface area contributed by atoms with Crippen molar-refractivity contribution >= 4 is 17.2 Å². The van der Waals surface area contributed by atoms with Gasteiger partial charge in [-0.05, 0) is 55.8 Å². The third-order valence-electron chi connectivity index (χ3n) is 3.79. The summed E-state index contributed by atoms with van der Waals surface area (Å²) in [6.07, 6.45) is 1.81. The summed E-state index contributed by atoms with van der Waals surface area (Å²) >= 11 is 1.42. The molecule has 2 rings (SSSR count). The summed E-state index contributed by atoms with van der Waals surface area (Å²) in [6.45, 7) is 4.58. The van der Waals surface area contributed by atoms with E-state index in [9.17, 15) is 9.90 Å². The molecule has 6 heteroatoms. The summed E-state index contributed by atoms with van der Waals surface area (Å²) in [5.41, 5.74) is 3.22. The molecule has 19 heavy (non-hydrogen) atoms. The van der Waals surface area contributed by atoms with Crippen molar-refractivity contribution in [3.63, 3.8) is 0 Å². The van der Waals surface area contributed by atoms with Gasteiger partial charge in [-0.15, -0.1) is 11.3 Å². The molecule has 1 amide bonds. The maximum atomic E-state index is 11.6. The minimum Gasteiger partial charge on any atom is -0.393 e. The fraction of sp³-hybridized carbons (Fsp3) is 0.615. The van der Waals surface area contributed by atoms with Crippen LogP contribution in [0.2, 0.25) is 0 Å². The number of rotatable bonds is 4. The smallest absolute Gasteiger partial charge is 0.275 e. The van der Waals surface area contributed by atoms with Crippen LogP contribution in [0.4, 0.5) is 0 Å². The molecule has 0 aliphatic carbocycles. The first-order chi connectivity index (χ1) is 9.11. The Balaban J connectivity index is 1.93. The van der Waals surface area contributed by atoms with Gasteiger partial charge in [-0.1, -0.05) is 0 Å². The SMILES string of the molecule is CC(O)C1CCN(Cc2ccsc2C(=O)NN)CC1. The first-order valence-corrected chi connectivity index (χ1v) is 7.47. The number of nitrogens with one attached hydrogen (secondary N) is 1. The van der Waals surface area contributed by atoms with Crippen LogP contribution in [-0.2, 0) is 6.54 Å². The summed E-state index contributed by atoms with van der Waals surface area (Å²) in [7, 11) is 0. The Morgan fingerprint density at radius 1 is 1.63 bits per heavy atom. The van der Waals surface area contributed by atoms with Crippen LogP contribution in [0.5, 0.6) is 0 Å². The van der Waals surface area contributed by atoms with Gasteiger partial charge in [0.15, 0.2) is 0 Å². The van der Waals surface area contributed by atoms with Crippen LogP contribution < -0.4 is 11.3 Å². The molecule has 4 N–H and O–H groups in total. The molecule has 1 fully saturated rings. The highest BCUT2D eigenvalue weighted by atomic mass is 32.1. The summed E-state index contributed by atoms with van der Waals surface area (Å²) in [5, 5.41) is 11.5. The van der Waals surface area contributed by atoms with Crippen molar-refractivity contribution in [1.82, 2.24) is 10.3 Å². The number of likely N-dealkylation sites (tertiary alicyclic amines) is 1. The van der Waals surface area contributed by atoms with Crippen LogP contribution in [0.3, 0.4) is 0 Å². The average molecular weight is 283 g/mol. The minimum absolute atomic E-state index is 0.219. The number of hydrogen-bond donors (Lipinski definition) is 3. The van der Waals surface area contributed by atoms with E-state index < -0.39 is 0 Å². The van der Waals surface area contributed by atoms with Gasteiger partial charge in [0.25, 0.3) is 5.91 Å². The van der Waals surface area contributed by atoms with Crippen molar-refractivity contribution < 1.29 is 9.90 Å². The number of carbonyl (C=O) groups is 1. The lowest BCUT2D eigenvalue weighted by Gasteiger charge is -2.33. The largest absolute Gasteiger partial charge is 0.393 e. The molecule has 1 atom stereocenters. The van der Waals surface area contributed by atoms with Crippen LogP contribution in [0, 0.1) is 5.92 Å². The van der Waals surface area contributed by atoms with E-state index in [-0.39, 0.29) is 12.0 Å². The van der Waals surface area contributed by atoms with Crippen LogP contribution in [0.15, 0.2) is 11.4 Å². The Bertz CT molecular complexity index is 425. The van der Waals surface area contributed by atoms with Crippen LogP contribution in [0.1, 0.15) is 35.0 Å². The first kappa shape index (κ1) is 14.5. The molecule has 1 aliphatic rings. The fourth-order valence-electron chi connectivity index (χ4n) is 2.56. The number of piperidine rings is 1. The van der Waals surface area contributed by atoms with E-state index in [1.165, 1.54) is 11.3 Å². The first-order valence-electron chi connectivity index (χ1n) is 6.59. The van der Waals surface area contributed by atoms with Gasteiger partial charge < -0.3 is 5.11 Å². The molecule has 0 radical (unpaired) electrons. The zero-order valence-corrected chi connectivity index (χ0v) is 11.9. The topological polar surface area (TPSA) is 78.6 Å². The third kappa shape index (κ3) is 3.54. The predicted octanol–water partition coefficient (Wildman–Crippen LogP) is 0.944. The Hall–Kier alpha value is -0.950. The van der Waals surface area contributed by atoms with Crippen molar-refractivity contribution in [2.75, 3.05) is 13.1 Å². The highest BCUT2D eigenvalue weighted by Gasteiger charge is 2.23. The van der Waals surface area contributed by atoms with Crippen molar-refractivity contribution in [1.29, 1.82) is 0 Å². The molecule has 1 aromatic rings. The Labute approximate surface area is 117 Å². The maximum Gasteiger partial charge on any atom is 0.275 e. The molecule has 106 valence electrons. The molecule has 1 unspecified atom stereocenters. The lowest BCUT2D eigenvalue weighted by molar-refractivity contribution is 0.0694. The minimum atomic E-state index is -0.220. The number of aliphatic hydroxyl groups is 1. The van der Waals surface area contributed by atoms with Crippen molar-refractivity contribution in [2.45, 2.75) is 32.4 Å². The van der Waals surface area contributed by atoms with Gasteiger partial charge in [-0.3, -0.25) is 15.1 Å². The van der Waals surface area contributed by atoms with E-state index in [2.05, 4.69) is 10.3 Å². The molecule has 0 bridgehead atoms. The zero-order valence-electron chi connectivity index (χ0n) is 11.1. The number of carbonyl (C=O) groups excluding carboxylic acids is 1. The maximum absolute atomic E-state index is 11.6. The summed E-state index contributed by atoms with van der Waals surface area (Å²) in [5.74, 6) is 5.37. The molecule has 1 aliphatic heterocycles. The lowest BCUT2D eigenvalue weighted by Crippen LogP contribution is -2.37. The third-order valence-corrected chi connectivity index (χ3v) is 4.75. The highest BCUT2D eigenvalue weighted by molar-refractivity contribution is 7.12. The summed E-state index contributed by atoms with van der Waals surface area (Å²) < 4.78 is 0. The van der Waals surface area contributed by atoms with E-state index >= 15 is 0 Å². The summed E-state index contributed by atoms with van der Waals surface area (Å²) in [6, 6.07) is 1.98. The molecule has 5 nitrogen and oxygen atoms in total. The molecule has 1 aromatic heterocycles. The van der Waals surface area contributed by atoms with E-state index in [1.54, 1.807) is 0 Å². The summed E-state index contributed by atoms with van der Waals surface area (Å²) in [4.78, 5) is 14.6. The van der Waals surface area contributed by atoms with Crippen LogP contribution >= 0.6 is 11.3 Å². The number of thiophene rings is 1.